The third kappa shape index (κ3) is 3.35. The largest absolute Gasteiger partial charge is 0.378 e. The van der Waals surface area contributed by atoms with Crippen molar-refractivity contribution in [3.05, 3.63) is 29.8 Å². The third-order valence-electron chi connectivity index (χ3n) is 6.00. The van der Waals surface area contributed by atoms with Gasteiger partial charge >= 0.3 is 0 Å². The van der Waals surface area contributed by atoms with Gasteiger partial charge in [0.05, 0.1) is 19.6 Å². The molecule has 3 saturated heterocycles. The summed E-state index contributed by atoms with van der Waals surface area (Å²) < 4.78 is 5.29. The number of rotatable bonds is 4. The van der Waals surface area contributed by atoms with Gasteiger partial charge in [-0.1, -0.05) is 12.1 Å². The van der Waals surface area contributed by atoms with E-state index in [1.165, 1.54) is 0 Å². The standard InChI is InChI=1S/C20H27N3O3/c24-18(22-11-13-26-14-12-22)15-16-3-5-17(6-4-16)21-19(25)20-7-1-9-23(20)10-2-8-20/h3-6H,1-2,7-15H2,(H,21,25). The Bertz CT molecular complexity index is 657. The number of carbonyl (C=O) groups excluding carboxylic acids is 2. The molecule has 3 aliphatic heterocycles. The fourth-order valence-corrected chi connectivity index (χ4v) is 4.53. The topological polar surface area (TPSA) is 61.9 Å². The van der Waals surface area contributed by atoms with Gasteiger partial charge in [-0.2, -0.15) is 0 Å². The highest BCUT2D eigenvalue weighted by Gasteiger charge is 2.49. The minimum Gasteiger partial charge on any atom is -0.378 e. The number of carbonyl (C=O) groups is 2. The molecular weight excluding hydrogens is 330 g/mol. The van der Waals surface area contributed by atoms with Gasteiger partial charge in [0.1, 0.15) is 5.54 Å². The first-order chi connectivity index (χ1) is 12.7. The summed E-state index contributed by atoms with van der Waals surface area (Å²) in [6, 6.07) is 7.69. The molecule has 0 atom stereocenters. The second kappa shape index (κ2) is 7.37. The molecule has 3 heterocycles. The normalized spacial score (nSPS) is 22.2. The number of hydrogen-bond acceptors (Lipinski definition) is 4. The monoisotopic (exact) mass is 357 g/mol. The van der Waals surface area contributed by atoms with Crippen LogP contribution in [-0.4, -0.2) is 66.5 Å². The van der Waals surface area contributed by atoms with Gasteiger partial charge in [-0.15, -0.1) is 0 Å². The molecule has 1 aromatic rings. The van der Waals surface area contributed by atoms with E-state index in [9.17, 15) is 9.59 Å². The summed E-state index contributed by atoms with van der Waals surface area (Å²) in [6.07, 6.45) is 4.54. The Hall–Kier alpha value is -1.92. The summed E-state index contributed by atoms with van der Waals surface area (Å²) in [7, 11) is 0. The van der Waals surface area contributed by atoms with Crippen molar-refractivity contribution in [1.29, 1.82) is 0 Å². The van der Waals surface area contributed by atoms with Crippen LogP contribution >= 0.6 is 0 Å². The van der Waals surface area contributed by atoms with E-state index in [-0.39, 0.29) is 17.4 Å². The molecule has 0 unspecified atom stereocenters. The Kier molecular flexibility index (Phi) is 4.96. The van der Waals surface area contributed by atoms with Gasteiger partial charge in [0.25, 0.3) is 0 Å². The van der Waals surface area contributed by atoms with Crippen molar-refractivity contribution in [1.82, 2.24) is 9.80 Å². The molecule has 0 bridgehead atoms. The average molecular weight is 357 g/mol. The summed E-state index contributed by atoms with van der Waals surface area (Å²) in [4.78, 5) is 29.4. The SMILES string of the molecule is O=C(Cc1ccc(NC(=O)C23CCCN2CCC3)cc1)N1CCOCC1. The highest BCUT2D eigenvalue weighted by Crippen LogP contribution is 2.39. The van der Waals surface area contributed by atoms with E-state index in [0.717, 1.165) is 50.0 Å². The smallest absolute Gasteiger partial charge is 0.244 e. The van der Waals surface area contributed by atoms with Crippen LogP contribution in [0.3, 0.4) is 0 Å². The van der Waals surface area contributed by atoms with Crippen LogP contribution in [0.15, 0.2) is 24.3 Å². The number of amides is 2. The van der Waals surface area contributed by atoms with E-state index in [4.69, 9.17) is 4.74 Å². The van der Waals surface area contributed by atoms with Crippen molar-refractivity contribution in [3.8, 4) is 0 Å². The molecule has 0 radical (unpaired) electrons. The number of morpholine rings is 1. The lowest BCUT2D eigenvalue weighted by molar-refractivity contribution is -0.134. The zero-order valence-electron chi connectivity index (χ0n) is 15.2. The number of anilines is 1. The van der Waals surface area contributed by atoms with Gasteiger partial charge in [0.15, 0.2) is 0 Å². The molecule has 0 spiro atoms. The molecule has 0 aromatic heterocycles. The first-order valence-electron chi connectivity index (χ1n) is 9.68. The van der Waals surface area contributed by atoms with Crippen LogP contribution in [0.4, 0.5) is 5.69 Å². The zero-order chi connectivity index (χ0) is 18.0. The van der Waals surface area contributed by atoms with E-state index < -0.39 is 0 Å². The third-order valence-corrected chi connectivity index (χ3v) is 6.00. The van der Waals surface area contributed by atoms with Gasteiger partial charge in [0.2, 0.25) is 11.8 Å². The summed E-state index contributed by atoms with van der Waals surface area (Å²) in [6.45, 7) is 4.66. The van der Waals surface area contributed by atoms with Crippen LogP contribution in [0.25, 0.3) is 0 Å². The van der Waals surface area contributed by atoms with E-state index in [2.05, 4.69) is 10.2 Å². The predicted octanol–water partition coefficient (Wildman–Crippen LogP) is 1.65. The van der Waals surface area contributed by atoms with E-state index >= 15 is 0 Å². The minimum absolute atomic E-state index is 0.129. The number of ether oxygens (including phenoxy) is 1. The number of nitrogens with zero attached hydrogens (tertiary/aromatic N) is 2. The maximum Gasteiger partial charge on any atom is 0.244 e. The van der Waals surface area contributed by atoms with Crippen molar-refractivity contribution in [3.63, 3.8) is 0 Å². The molecule has 140 valence electrons. The maximum atomic E-state index is 12.9. The van der Waals surface area contributed by atoms with Crippen LogP contribution in [0.5, 0.6) is 0 Å². The molecular formula is C20H27N3O3. The second-order valence-corrected chi connectivity index (χ2v) is 7.55. The number of fused-ring (bicyclic) bond motifs is 1. The van der Waals surface area contributed by atoms with Crippen molar-refractivity contribution in [2.24, 2.45) is 0 Å². The lowest BCUT2D eigenvalue weighted by Gasteiger charge is -2.30. The van der Waals surface area contributed by atoms with Crippen molar-refractivity contribution >= 4 is 17.5 Å². The maximum absolute atomic E-state index is 12.9. The number of benzene rings is 1. The number of hydrogen-bond donors (Lipinski definition) is 1. The van der Waals surface area contributed by atoms with E-state index in [1.807, 2.05) is 29.2 Å². The molecule has 6 nitrogen and oxygen atoms in total. The molecule has 1 aromatic carbocycles. The fourth-order valence-electron chi connectivity index (χ4n) is 4.53. The molecule has 26 heavy (non-hydrogen) atoms. The Labute approximate surface area is 154 Å². The summed E-state index contributed by atoms with van der Waals surface area (Å²) >= 11 is 0. The van der Waals surface area contributed by atoms with Crippen molar-refractivity contribution in [2.75, 3.05) is 44.7 Å². The zero-order valence-corrected chi connectivity index (χ0v) is 15.2. The molecule has 6 heteroatoms. The van der Waals surface area contributed by atoms with Crippen LogP contribution in [0, 0.1) is 0 Å². The Morgan fingerprint density at radius 3 is 2.31 bits per heavy atom. The van der Waals surface area contributed by atoms with Crippen LogP contribution in [0.2, 0.25) is 0 Å². The Balaban J connectivity index is 1.35. The first kappa shape index (κ1) is 17.5. The predicted molar refractivity (Wildman–Crippen MR) is 98.9 cm³/mol. The van der Waals surface area contributed by atoms with E-state index in [1.54, 1.807) is 0 Å². The lowest BCUT2D eigenvalue weighted by atomic mass is 9.93. The first-order valence-corrected chi connectivity index (χ1v) is 9.68. The Morgan fingerprint density at radius 1 is 1.00 bits per heavy atom. The summed E-state index contributed by atoms with van der Waals surface area (Å²) in [5.41, 5.74) is 1.50. The summed E-state index contributed by atoms with van der Waals surface area (Å²) in [5, 5.41) is 3.10. The van der Waals surface area contributed by atoms with E-state index in [0.29, 0.717) is 32.7 Å². The molecule has 4 rings (SSSR count). The van der Waals surface area contributed by atoms with Crippen molar-refractivity contribution < 1.29 is 14.3 Å². The van der Waals surface area contributed by atoms with Gasteiger partial charge in [-0.05, 0) is 56.5 Å². The van der Waals surface area contributed by atoms with Gasteiger partial charge < -0.3 is 15.0 Å². The van der Waals surface area contributed by atoms with Gasteiger partial charge in [-0.3, -0.25) is 14.5 Å². The molecule has 3 aliphatic rings. The van der Waals surface area contributed by atoms with Crippen LogP contribution in [0.1, 0.15) is 31.2 Å². The quantitative estimate of drug-likeness (QED) is 0.890. The lowest BCUT2D eigenvalue weighted by Crippen LogP contribution is -2.48. The average Bonchev–Trinajstić information content (AvgIpc) is 3.25. The van der Waals surface area contributed by atoms with Gasteiger partial charge in [0, 0.05) is 18.8 Å². The highest BCUT2D eigenvalue weighted by atomic mass is 16.5. The second-order valence-electron chi connectivity index (χ2n) is 7.55. The van der Waals surface area contributed by atoms with Crippen LogP contribution in [-0.2, 0) is 20.7 Å². The molecule has 3 fully saturated rings. The highest BCUT2D eigenvalue weighted by molar-refractivity contribution is 5.98. The molecule has 0 aliphatic carbocycles. The molecule has 2 amide bonds. The Morgan fingerprint density at radius 2 is 1.65 bits per heavy atom. The minimum atomic E-state index is -0.287. The number of nitrogens with one attached hydrogen (secondary N) is 1. The molecule has 0 saturated carbocycles. The van der Waals surface area contributed by atoms with Crippen molar-refractivity contribution in [2.45, 2.75) is 37.6 Å². The summed E-state index contributed by atoms with van der Waals surface area (Å²) in [5.74, 6) is 0.265. The fraction of sp³-hybridized carbons (Fsp3) is 0.600. The molecule has 1 N–H and O–H groups in total. The van der Waals surface area contributed by atoms with Gasteiger partial charge in [-0.25, -0.2) is 0 Å². The van der Waals surface area contributed by atoms with Crippen LogP contribution < -0.4 is 5.32 Å².